The lowest BCUT2D eigenvalue weighted by Gasteiger charge is -2.22. The Morgan fingerprint density at radius 1 is 1.35 bits per heavy atom. The lowest BCUT2D eigenvalue weighted by atomic mass is 10.1. The molecule has 0 radical (unpaired) electrons. The molecule has 1 heterocycles. The van der Waals surface area contributed by atoms with Crippen LogP contribution in [0.5, 0.6) is 11.5 Å². The Labute approximate surface area is 117 Å². The molecule has 1 aliphatic rings. The first-order valence-corrected chi connectivity index (χ1v) is 8.06. The van der Waals surface area contributed by atoms with Gasteiger partial charge in [0.25, 0.3) is 0 Å². The summed E-state index contributed by atoms with van der Waals surface area (Å²) < 4.78 is 22.8. The molecule has 1 aromatic rings. The van der Waals surface area contributed by atoms with Crippen molar-refractivity contribution in [3.63, 3.8) is 0 Å². The summed E-state index contributed by atoms with van der Waals surface area (Å²) in [6, 6.07) is 3.74. The molecular formula is C13H17NO5S. The zero-order chi connectivity index (χ0) is 14.9. The van der Waals surface area contributed by atoms with Crippen molar-refractivity contribution in [1.82, 2.24) is 4.90 Å². The zero-order valence-electron chi connectivity index (χ0n) is 11.1. The fourth-order valence-corrected chi connectivity index (χ4v) is 4.07. The van der Waals surface area contributed by atoms with Gasteiger partial charge in [-0.15, -0.1) is 0 Å². The molecule has 1 atom stereocenters. The number of ketones is 1. The third-order valence-electron chi connectivity index (χ3n) is 3.52. The second-order valence-electron chi connectivity index (χ2n) is 5.10. The van der Waals surface area contributed by atoms with Gasteiger partial charge < -0.3 is 10.2 Å². The number of likely N-dealkylation sites (N-methyl/N-ethyl adjacent to an activating group) is 1. The first-order valence-electron chi connectivity index (χ1n) is 6.24. The number of Topliss-reactive ketones (excluding diaryl/α,β-unsaturated/α-hetero) is 1. The van der Waals surface area contributed by atoms with Gasteiger partial charge in [-0.25, -0.2) is 8.42 Å². The van der Waals surface area contributed by atoms with Gasteiger partial charge in [0.05, 0.1) is 18.1 Å². The van der Waals surface area contributed by atoms with E-state index in [4.69, 9.17) is 0 Å². The Morgan fingerprint density at radius 3 is 2.60 bits per heavy atom. The van der Waals surface area contributed by atoms with Crippen LogP contribution < -0.4 is 0 Å². The molecule has 6 nitrogen and oxygen atoms in total. The Morgan fingerprint density at radius 2 is 2.05 bits per heavy atom. The number of rotatable bonds is 4. The number of carbonyl (C=O) groups is 1. The topological polar surface area (TPSA) is 94.9 Å². The number of carbonyl (C=O) groups excluding carboxylic acids is 1. The fraction of sp³-hybridized carbons (Fsp3) is 0.462. The maximum atomic E-state index is 12.1. The van der Waals surface area contributed by atoms with E-state index in [9.17, 15) is 23.4 Å². The molecule has 1 unspecified atom stereocenters. The molecule has 0 aromatic heterocycles. The van der Waals surface area contributed by atoms with Crippen LogP contribution in [0.4, 0.5) is 0 Å². The smallest absolute Gasteiger partial charge is 0.176 e. The Kier molecular flexibility index (Phi) is 4.01. The van der Waals surface area contributed by atoms with Crippen LogP contribution in [-0.2, 0) is 9.84 Å². The number of benzene rings is 1. The molecule has 1 fully saturated rings. The largest absolute Gasteiger partial charge is 0.504 e. The lowest BCUT2D eigenvalue weighted by molar-refractivity contribution is 0.0926. The number of nitrogens with zero attached hydrogens (tertiary/aromatic N) is 1. The number of hydrogen-bond acceptors (Lipinski definition) is 6. The van der Waals surface area contributed by atoms with Gasteiger partial charge in [-0.3, -0.25) is 9.69 Å². The normalized spacial score (nSPS) is 21.2. The second kappa shape index (κ2) is 5.41. The van der Waals surface area contributed by atoms with E-state index in [0.717, 1.165) is 0 Å². The summed E-state index contributed by atoms with van der Waals surface area (Å²) in [4.78, 5) is 13.8. The summed E-state index contributed by atoms with van der Waals surface area (Å²) in [5, 5.41) is 18.6. The van der Waals surface area contributed by atoms with Crippen molar-refractivity contribution < 1.29 is 23.4 Å². The fourth-order valence-electron chi connectivity index (χ4n) is 2.27. The van der Waals surface area contributed by atoms with Crippen molar-refractivity contribution in [3.8, 4) is 11.5 Å². The number of sulfone groups is 1. The highest BCUT2D eigenvalue weighted by Crippen LogP contribution is 2.25. The van der Waals surface area contributed by atoms with Crippen LogP contribution in [0.1, 0.15) is 16.8 Å². The van der Waals surface area contributed by atoms with Gasteiger partial charge >= 0.3 is 0 Å². The van der Waals surface area contributed by atoms with Gasteiger partial charge in [-0.2, -0.15) is 0 Å². The zero-order valence-corrected chi connectivity index (χ0v) is 11.9. The number of hydrogen-bond donors (Lipinski definition) is 2. The lowest BCUT2D eigenvalue weighted by Crippen LogP contribution is -2.36. The monoisotopic (exact) mass is 299 g/mol. The van der Waals surface area contributed by atoms with E-state index in [0.29, 0.717) is 6.42 Å². The summed E-state index contributed by atoms with van der Waals surface area (Å²) in [6.45, 7) is 0.0738. The van der Waals surface area contributed by atoms with Crippen LogP contribution in [0.2, 0.25) is 0 Å². The summed E-state index contributed by atoms with van der Waals surface area (Å²) in [7, 11) is -1.27. The summed E-state index contributed by atoms with van der Waals surface area (Å²) in [6.07, 6.45) is 0.535. The third kappa shape index (κ3) is 3.29. The van der Waals surface area contributed by atoms with Gasteiger partial charge in [0, 0.05) is 11.6 Å². The SMILES string of the molecule is CN(CC(=O)c1ccc(O)c(O)c1)C1CCS(=O)(=O)C1. The summed E-state index contributed by atoms with van der Waals surface area (Å²) in [5.74, 6) is -0.612. The number of phenolic OH excluding ortho intramolecular Hbond substituents is 2. The van der Waals surface area contributed by atoms with Crippen LogP contribution in [0.15, 0.2) is 18.2 Å². The maximum Gasteiger partial charge on any atom is 0.176 e. The molecular weight excluding hydrogens is 282 g/mol. The predicted molar refractivity (Wildman–Crippen MR) is 73.8 cm³/mol. The van der Waals surface area contributed by atoms with Crippen LogP contribution in [0.25, 0.3) is 0 Å². The average Bonchev–Trinajstić information content (AvgIpc) is 2.73. The Balaban J connectivity index is 2.02. The minimum atomic E-state index is -2.98. The van der Waals surface area contributed by atoms with E-state index in [1.807, 2.05) is 0 Å². The van der Waals surface area contributed by atoms with Gasteiger partial charge in [-0.1, -0.05) is 0 Å². The van der Waals surface area contributed by atoms with Gasteiger partial charge in [-0.05, 0) is 31.7 Å². The Hall–Kier alpha value is -1.60. The van der Waals surface area contributed by atoms with E-state index in [-0.39, 0.29) is 46.9 Å². The van der Waals surface area contributed by atoms with Crippen LogP contribution in [0, 0.1) is 0 Å². The molecule has 1 aliphatic heterocycles. The van der Waals surface area contributed by atoms with Gasteiger partial charge in [0.15, 0.2) is 27.1 Å². The highest BCUT2D eigenvalue weighted by molar-refractivity contribution is 7.91. The molecule has 7 heteroatoms. The quantitative estimate of drug-likeness (QED) is 0.617. The van der Waals surface area contributed by atoms with Crippen molar-refractivity contribution in [2.24, 2.45) is 0 Å². The molecule has 0 saturated carbocycles. The predicted octanol–water partition coefficient (Wildman–Crippen LogP) is 0.399. The molecule has 0 bridgehead atoms. The standard InChI is InChI=1S/C13H17NO5S/c1-14(10-4-5-20(18,19)8-10)7-13(17)9-2-3-11(15)12(16)6-9/h2-3,6,10,15-16H,4-5,7-8H2,1H3. The minimum Gasteiger partial charge on any atom is -0.504 e. The van der Waals surface area contributed by atoms with E-state index < -0.39 is 9.84 Å². The highest BCUT2D eigenvalue weighted by atomic mass is 32.2. The minimum absolute atomic E-state index is 0.0738. The van der Waals surface area contributed by atoms with Gasteiger partial charge in [0.1, 0.15) is 0 Å². The molecule has 2 rings (SSSR count). The van der Waals surface area contributed by atoms with E-state index >= 15 is 0 Å². The van der Waals surface area contributed by atoms with Crippen molar-refractivity contribution in [1.29, 1.82) is 0 Å². The number of phenols is 2. The maximum absolute atomic E-state index is 12.1. The van der Waals surface area contributed by atoms with E-state index in [2.05, 4.69) is 0 Å². The molecule has 0 spiro atoms. The molecule has 20 heavy (non-hydrogen) atoms. The highest BCUT2D eigenvalue weighted by Gasteiger charge is 2.31. The van der Waals surface area contributed by atoms with Crippen LogP contribution in [-0.4, -0.2) is 60.5 Å². The number of aromatic hydroxyl groups is 2. The van der Waals surface area contributed by atoms with Crippen molar-refractivity contribution >= 4 is 15.6 Å². The molecule has 0 aliphatic carbocycles. The van der Waals surface area contributed by atoms with Gasteiger partial charge in [0.2, 0.25) is 0 Å². The molecule has 110 valence electrons. The summed E-state index contributed by atoms with van der Waals surface area (Å²) in [5.41, 5.74) is 0.285. The molecule has 0 amide bonds. The molecule has 1 saturated heterocycles. The summed E-state index contributed by atoms with van der Waals surface area (Å²) >= 11 is 0. The third-order valence-corrected chi connectivity index (χ3v) is 5.27. The first-order chi connectivity index (χ1) is 9.28. The average molecular weight is 299 g/mol. The van der Waals surface area contributed by atoms with Crippen LogP contribution >= 0.6 is 0 Å². The van der Waals surface area contributed by atoms with E-state index in [1.165, 1.54) is 18.2 Å². The second-order valence-corrected chi connectivity index (χ2v) is 7.33. The first kappa shape index (κ1) is 14.8. The molecule has 1 aromatic carbocycles. The van der Waals surface area contributed by atoms with Crippen molar-refractivity contribution in [2.75, 3.05) is 25.1 Å². The Bertz CT molecular complexity index is 626. The molecule has 2 N–H and O–H groups in total. The van der Waals surface area contributed by atoms with Crippen molar-refractivity contribution in [3.05, 3.63) is 23.8 Å². The van der Waals surface area contributed by atoms with Crippen LogP contribution in [0.3, 0.4) is 0 Å². The van der Waals surface area contributed by atoms with E-state index in [1.54, 1.807) is 11.9 Å². The van der Waals surface area contributed by atoms with Crippen molar-refractivity contribution in [2.45, 2.75) is 12.5 Å².